The number of nitrogens with one attached hydrogen (secondary N) is 2. The molecule has 1 unspecified atom stereocenters. The summed E-state index contributed by atoms with van der Waals surface area (Å²) in [5, 5.41) is 13.6. The number of rotatable bonds is 7. The maximum atomic E-state index is 11.5. The van der Waals surface area contributed by atoms with E-state index in [2.05, 4.69) is 27.8 Å². The largest absolute Gasteiger partial charge is 0.367 e. The molecule has 1 aromatic rings. The van der Waals surface area contributed by atoms with Crippen LogP contribution < -0.4 is 16.4 Å². The molecule has 0 fully saturated rings. The SMILES string of the molecule is CCCC(N)CNc1ccc(C(=O)NCC)nn1. The van der Waals surface area contributed by atoms with Crippen molar-refractivity contribution in [2.24, 2.45) is 5.73 Å². The average Bonchev–Trinajstić information content (AvgIpc) is 2.37. The van der Waals surface area contributed by atoms with Crippen molar-refractivity contribution in [3.8, 4) is 0 Å². The number of carbonyl (C=O) groups is 1. The minimum absolute atomic E-state index is 0.111. The van der Waals surface area contributed by atoms with E-state index in [1.807, 2.05) is 6.92 Å². The first-order valence-electron chi connectivity index (χ1n) is 6.28. The summed E-state index contributed by atoms with van der Waals surface area (Å²) in [5.74, 6) is 0.425. The number of aromatic nitrogens is 2. The molecule has 1 heterocycles. The molecular formula is C12H21N5O. The quantitative estimate of drug-likeness (QED) is 0.665. The van der Waals surface area contributed by atoms with Crippen LogP contribution in [-0.2, 0) is 0 Å². The van der Waals surface area contributed by atoms with Gasteiger partial charge in [-0.05, 0) is 25.5 Å². The first-order valence-corrected chi connectivity index (χ1v) is 6.28. The van der Waals surface area contributed by atoms with Gasteiger partial charge in [0, 0.05) is 19.1 Å². The fraction of sp³-hybridized carbons (Fsp3) is 0.583. The van der Waals surface area contributed by atoms with Crippen molar-refractivity contribution in [2.75, 3.05) is 18.4 Å². The van der Waals surface area contributed by atoms with Gasteiger partial charge in [0.1, 0.15) is 5.82 Å². The smallest absolute Gasteiger partial charge is 0.271 e. The normalized spacial score (nSPS) is 11.9. The maximum Gasteiger partial charge on any atom is 0.271 e. The number of nitrogens with two attached hydrogens (primary N) is 1. The van der Waals surface area contributed by atoms with Gasteiger partial charge in [-0.2, -0.15) is 0 Å². The first kappa shape index (κ1) is 14.4. The summed E-state index contributed by atoms with van der Waals surface area (Å²) in [4.78, 5) is 11.5. The Labute approximate surface area is 107 Å². The van der Waals surface area contributed by atoms with Crippen molar-refractivity contribution in [3.63, 3.8) is 0 Å². The van der Waals surface area contributed by atoms with Gasteiger partial charge in [-0.3, -0.25) is 4.79 Å². The maximum absolute atomic E-state index is 11.5. The van der Waals surface area contributed by atoms with Crippen LogP contribution in [-0.4, -0.2) is 35.2 Å². The third-order valence-corrected chi connectivity index (χ3v) is 2.44. The van der Waals surface area contributed by atoms with E-state index in [4.69, 9.17) is 5.73 Å². The molecule has 6 heteroatoms. The van der Waals surface area contributed by atoms with Gasteiger partial charge in [0.2, 0.25) is 0 Å². The zero-order chi connectivity index (χ0) is 13.4. The van der Waals surface area contributed by atoms with E-state index in [9.17, 15) is 4.79 Å². The predicted molar refractivity (Wildman–Crippen MR) is 71.4 cm³/mol. The van der Waals surface area contributed by atoms with E-state index in [0.29, 0.717) is 24.6 Å². The lowest BCUT2D eigenvalue weighted by molar-refractivity contribution is 0.0950. The summed E-state index contributed by atoms with van der Waals surface area (Å²) >= 11 is 0. The van der Waals surface area contributed by atoms with Crippen molar-refractivity contribution < 1.29 is 4.79 Å². The fourth-order valence-corrected chi connectivity index (χ4v) is 1.51. The van der Waals surface area contributed by atoms with Crippen LogP contribution in [0.4, 0.5) is 5.82 Å². The first-order chi connectivity index (χ1) is 8.67. The van der Waals surface area contributed by atoms with Crippen LogP contribution in [0.2, 0.25) is 0 Å². The molecule has 100 valence electrons. The summed E-state index contributed by atoms with van der Waals surface area (Å²) < 4.78 is 0. The van der Waals surface area contributed by atoms with E-state index in [1.54, 1.807) is 12.1 Å². The van der Waals surface area contributed by atoms with Crippen molar-refractivity contribution >= 4 is 11.7 Å². The highest BCUT2D eigenvalue weighted by Crippen LogP contribution is 2.03. The Kier molecular flexibility index (Phi) is 6.07. The van der Waals surface area contributed by atoms with Crippen molar-refractivity contribution in [3.05, 3.63) is 17.8 Å². The van der Waals surface area contributed by atoms with Crippen LogP contribution in [0.3, 0.4) is 0 Å². The zero-order valence-corrected chi connectivity index (χ0v) is 10.9. The monoisotopic (exact) mass is 251 g/mol. The molecule has 18 heavy (non-hydrogen) atoms. The van der Waals surface area contributed by atoms with E-state index >= 15 is 0 Å². The molecule has 1 atom stereocenters. The molecule has 0 aliphatic heterocycles. The van der Waals surface area contributed by atoms with Gasteiger partial charge in [0.25, 0.3) is 5.91 Å². The molecular weight excluding hydrogens is 230 g/mol. The second-order valence-electron chi connectivity index (χ2n) is 4.09. The van der Waals surface area contributed by atoms with Crippen LogP contribution in [0.5, 0.6) is 0 Å². The number of amides is 1. The van der Waals surface area contributed by atoms with Gasteiger partial charge in [0.15, 0.2) is 5.69 Å². The minimum Gasteiger partial charge on any atom is -0.367 e. The van der Waals surface area contributed by atoms with Gasteiger partial charge >= 0.3 is 0 Å². The summed E-state index contributed by atoms with van der Waals surface area (Å²) in [5.41, 5.74) is 6.19. The van der Waals surface area contributed by atoms with Crippen molar-refractivity contribution in [1.82, 2.24) is 15.5 Å². The second kappa shape index (κ2) is 7.60. The third kappa shape index (κ3) is 4.67. The van der Waals surface area contributed by atoms with Gasteiger partial charge in [0.05, 0.1) is 0 Å². The molecule has 0 saturated heterocycles. The second-order valence-corrected chi connectivity index (χ2v) is 4.09. The molecule has 0 aliphatic rings. The molecule has 0 bridgehead atoms. The summed E-state index contributed by atoms with van der Waals surface area (Å²) in [6.45, 7) is 5.19. The standard InChI is InChI=1S/C12H21N5O/c1-3-5-9(13)8-15-11-7-6-10(16-17-11)12(18)14-4-2/h6-7,9H,3-5,8,13H2,1-2H3,(H,14,18)(H,15,17). The highest BCUT2D eigenvalue weighted by atomic mass is 16.1. The van der Waals surface area contributed by atoms with Crippen LogP contribution >= 0.6 is 0 Å². The highest BCUT2D eigenvalue weighted by Gasteiger charge is 2.07. The van der Waals surface area contributed by atoms with Crippen LogP contribution in [0.25, 0.3) is 0 Å². The highest BCUT2D eigenvalue weighted by molar-refractivity contribution is 5.92. The Bertz CT molecular complexity index is 365. The Morgan fingerprint density at radius 1 is 1.39 bits per heavy atom. The molecule has 0 aromatic carbocycles. The van der Waals surface area contributed by atoms with Gasteiger partial charge in [-0.25, -0.2) is 0 Å². The van der Waals surface area contributed by atoms with E-state index in [-0.39, 0.29) is 11.9 Å². The Hall–Kier alpha value is -1.69. The Morgan fingerprint density at radius 2 is 2.17 bits per heavy atom. The van der Waals surface area contributed by atoms with Crippen LogP contribution in [0.15, 0.2) is 12.1 Å². The average molecular weight is 251 g/mol. The van der Waals surface area contributed by atoms with Crippen LogP contribution in [0, 0.1) is 0 Å². The number of carbonyl (C=O) groups excluding carboxylic acids is 1. The van der Waals surface area contributed by atoms with Crippen LogP contribution in [0.1, 0.15) is 37.2 Å². The summed E-state index contributed by atoms with van der Waals surface area (Å²) in [7, 11) is 0. The molecule has 4 N–H and O–H groups in total. The fourth-order valence-electron chi connectivity index (χ4n) is 1.51. The molecule has 1 rings (SSSR count). The van der Waals surface area contributed by atoms with Crippen molar-refractivity contribution in [2.45, 2.75) is 32.7 Å². The minimum atomic E-state index is -0.209. The molecule has 0 aliphatic carbocycles. The zero-order valence-electron chi connectivity index (χ0n) is 10.9. The number of hydrogen-bond donors (Lipinski definition) is 3. The predicted octanol–water partition coefficient (Wildman–Crippen LogP) is 0.766. The molecule has 1 amide bonds. The molecule has 1 aromatic heterocycles. The molecule has 6 nitrogen and oxygen atoms in total. The third-order valence-electron chi connectivity index (χ3n) is 2.44. The number of hydrogen-bond acceptors (Lipinski definition) is 5. The Balaban J connectivity index is 2.47. The molecule has 0 spiro atoms. The van der Waals surface area contributed by atoms with Gasteiger partial charge in [-0.1, -0.05) is 13.3 Å². The summed E-state index contributed by atoms with van der Waals surface area (Å²) in [6, 6.07) is 3.49. The van der Waals surface area contributed by atoms with E-state index in [1.165, 1.54) is 0 Å². The van der Waals surface area contributed by atoms with Crippen molar-refractivity contribution in [1.29, 1.82) is 0 Å². The number of nitrogens with zero attached hydrogens (tertiary/aromatic N) is 2. The van der Waals surface area contributed by atoms with Gasteiger partial charge < -0.3 is 16.4 Å². The van der Waals surface area contributed by atoms with E-state index in [0.717, 1.165) is 12.8 Å². The Morgan fingerprint density at radius 3 is 2.72 bits per heavy atom. The lowest BCUT2D eigenvalue weighted by Gasteiger charge is -2.11. The summed E-state index contributed by atoms with van der Waals surface area (Å²) in [6.07, 6.45) is 2.03. The number of anilines is 1. The van der Waals surface area contributed by atoms with E-state index < -0.39 is 0 Å². The topological polar surface area (TPSA) is 92.9 Å². The lowest BCUT2D eigenvalue weighted by Crippen LogP contribution is -2.29. The van der Waals surface area contributed by atoms with Gasteiger partial charge in [-0.15, -0.1) is 10.2 Å². The molecule has 0 saturated carbocycles. The lowest BCUT2D eigenvalue weighted by atomic mass is 10.2. The molecule has 0 radical (unpaired) electrons.